The van der Waals surface area contributed by atoms with Crippen molar-refractivity contribution < 1.29 is 22.7 Å². The Hall–Kier alpha value is -2.42. The zero-order chi connectivity index (χ0) is 20.6. The van der Waals surface area contributed by atoms with Crippen LogP contribution in [0.2, 0.25) is 0 Å². The van der Waals surface area contributed by atoms with Crippen LogP contribution in [0.25, 0.3) is 0 Å². The van der Waals surface area contributed by atoms with E-state index in [1.807, 2.05) is 19.1 Å². The molecule has 1 amide bonds. The Morgan fingerprint density at radius 3 is 2.59 bits per heavy atom. The topological polar surface area (TPSA) is 84.9 Å². The van der Waals surface area contributed by atoms with Gasteiger partial charge in [-0.1, -0.05) is 25.1 Å². The SMILES string of the molecule is C[C@H]1Oc2c(C(=O)Nc3cccc(S(=O)(=O)N4CCOCC4)c3)cccc2[C@@H]1C. The Labute approximate surface area is 170 Å². The second-order valence-corrected chi connectivity index (χ2v) is 9.27. The number of nitrogens with one attached hydrogen (secondary N) is 1. The fraction of sp³-hybridized carbons (Fsp3) is 0.381. The smallest absolute Gasteiger partial charge is 0.259 e. The lowest BCUT2D eigenvalue weighted by molar-refractivity contribution is 0.0730. The Bertz CT molecular complexity index is 1030. The van der Waals surface area contributed by atoms with E-state index in [2.05, 4.69) is 12.2 Å². The number of rotatable bonds is 4. The number of ether oxygens (including phenoxy) is 2. The summed E-state index contributed by atoms with van der Waals surface area (Å²) in [6.45, 7) is 5.45. The lowest BCUT2D eigenvalue weighted by atomic mass is 9.97. The zero-order valence-electron chi connectivity index (χ0n) is 16.4. The molecule has 4 rings (SSSR count). The van der Waals surface area contributed by atoms with Crippen LogP contribution >= 0.6 is 0 Å². The Morgan fingerprint density at radius 2 is 1.83 bits per heavy atom. The van der Waals surface area contributed by atoms with E-state index < -0.39 is 10.0 Å². The highest BCUT2D eigenvalue weighted by Crippen LogP contribution is 2.40. The fourth-order valence-corrected chi connectivity index (χ4v) is 5.09. The van der Waals surface area contributed by atoms with E-state index in [9.17, 15) is 13.2 Å². The van der Waals surface area contributed by atoms with E-state index in [4.69, 9.17) is 9.47 Å². The molecule has 0 bridgehead atoms. The van der Waals surface area contributed by atoms with Gasteiger partial charge in [0.2, 0.25) is 10.0 Å². The number of hydrogen-bond acceptors (Lipinski definition) is 5. The largest absolute Gasteiger partial charge is 0.489 e. The van der Waals surface area contributed by atoms with Crippen LogP contribution in [0.1, 0.15) is 35.7 Å². The average Bonchev–Trinajstić information content (AvgIpc) is 3.03. The van der Waals surface area contributed by atoms with Gasteiger partial charge in [-0.25, -0.2) is 8.42 Å². The van der Waals surface area contributed by atoms with E-state index in [1.165, 1.54) is 16.4 Å². The summed E-state index contributed by atoms with van der Waals surface area (Å²) in [5.41, 5.74) is 1.87. The molecular weight excluding hydrogens is 392 g/mol. The summed E-state index contributed by atoms with van der Waals surface area (Å²) in [5, 5.41) is 2.81. The number of hydrogen-bond donors (Lipinski definition) is 1. The third-order valence-electron chi connectivity index (χ3n) is 5.49. The van der Waals surface area contributed by atoms with Crippen molar-refractivity contribution in [3.05, 3.63) is 53.6 Å². The minimum Gasteiger partial charge on any atom is -0.489 e. The standard InChI is InChI=1S/C21H24N2O5S/c1-14-15(2)28-20-18(14)7-4-8-19(20)21(24)22-16-5-3-6-17(13-16)29(25,26)23-9-11-27-12-10-23/h3-8,13-15H,9-12H2,1-2H3,(H,22,24)/t14-,15-/m1/s1. The van der Waals surface area contributed by atoms with Crippen molar-refractivity contribution >= 4 is 21.6 Å². The van der Waals surface area contributed by atoms with Gasteiger partial charge in [0.15, 0.2) is 0 Å². The number of amides is 1. The highest BCUT2D eigenvalue weighted by Gasteiger charge is 2.31. The number of carbonyl (C=O) groups excluding carboxylic acids is 1. The van der Waals surface area contributed by atoms with Gasteiger partial charge in [0.05, 0.1) is 23.7 Å². The first kappa shape index (κ1) is 19.9. The lowest BCUT2D eigenvalue weighted by Gasteiger charge is -2.26. The molecule has 2 heterocycles. The third-order valence-corrected chi connectivity index (χ3v) is 7.38. The van der Waals surface area contributed by atoms with Gasteiger partial charge in [0.1, 0.15) is 11.9 Å². The maximum Gasteiger partial charge on any atom is 0.259 e. The second-order valence-electron chi connectivity index (χ2n) is 7.33. The molecule has 2 atom stereocenters. The molecule has 0 unspecified atom stereocenters. The molecular formula is C21H24N2O5S. The van der Waals surface area contributed by atoms with Crippen molar-refractivity contribution in [1.82, 2.24) is 4.31 Å². The number of benzene rings is 2. The third kappa shape index (κ3) is 3.75. The normalized spacial score (nSPS) is 22.0. The summed E-state index contributed by atoms with van der Waals surface area (Å²) < 4.78 is 38.2. The van der Waals surface area contributed by atoms with Crippen molar-refractivity contribution in [3.8, 4) is 5.75 Å². The summed E-state index contributed by atoms with van der Waals surface area (Å²) >= 11 is 0. The summed E-state index contributed by atoms with van der Waals surface area (Å²) in [6, 6.07) is 11.8. The van der Waals surface area contributed by atoms with Crippen LogP contribution in [0.3, 0.4) is 0 Å². The van der Waals surface area contributed by atoms with E-state index in [0.29, 0.717) is 43.3 Å². The number of para-hydroxylation sites is 1. The second kappa shape index (κ2) is 7.78. The fourth-order valence-electron chi connectivity index (χ4n) is 3.63. The van der Waals surface area contributed by atoms with Crippen LogP contribution in [0.15, 0.2) is 47.4 Å². The molecule has 0 radical (unpaired) electrons. The maximum atomic E-state index is 12.9. The van der Waals surface area contributed by atoms with Gasteiger partial charge in [0.25, 0.3) is 5.91 Å². The van der Waals surface area contributed by atoms with Gasteiger partial charge < -0.3 is 14.8 Å². The summed E-state index contributed by atoms with van der Waals surface area (Å²) in [5.74, 6) is 0.478. The van der Waals surface area contributed by atoms with Gasteiger partial charge in [0, 0.05) is 30.3 Å². The van der Waals surface area contributed by atoms with Crippen LogP contribution in [0, 0.1) is 0 Å². The van der Waals surface area contributed by atoms with Crippen LogP contribution < -0.4 is 10.1 Å². The highest BCUT2D eigenvalue weighted by molar-refractivity contribution is 7.89. The predicted octanol–water partition coefficient (Wildman–Crippen LogP) is 2.84. The number of fused-ring (bicyclic) bond motifs is 1. The number of morpholine rings is 1. The van der Waals surface area contributed by atoms with Crippen molar-refractivity contribution in [2.24, 2.45) is 0 Å². The van der Waals surface area contributed by atoms with E-state index in [1.54, 1.807) is 18.2 Å². The maximum absolute atomic E-state index is 12.9. The van der Waals surface area contributed by atoms with Gasteiger partial charge in [-0.05, 0) is 31.2 Å². The Morgan fingerprint density at radius 1 is 1.10 bits per heavy atom. The molecule has 1 fully saturated rings. The molecule has 0 spiro atoms. The Kier molecular flexibility index (Phi) is 5.33. The van der Waals surface area contributed by atoms with Crippen molar-refractivity contribution in [3.63, 3.8) is 0 Å². The number of sulfonamides is 1. The summed E-state index contributed by atoms with van der Waals surface area (Å²) in [4.78, 5) is 13.0. The molecule has 2 aromatic rings. The minimum absolute atomic E-state index is 0.000873. The van der Waals surface area contributed by atoms with E-state index in [-0.39, 0.29) is 22.8 Å². The van der Waals surface area contributed by atoms with E-state index in [0.717, 1.165) is 5.56 Å². The molecule has 1 saturated heterocycles. The Balaban J connectivity index is 1.57. The first-order valence-electron chi connectivity index (χ1n) is 9.67. The van der Waals surface area contributed by atoms with Crippen LogP contribution in [-0.2, 0) is 14.8 Å². The molecule has 2 aliphatic heterocycles. The number of anilines is 1. The average molecular weight is 416 g/mol. The lowest BCUT2D eigenvalue weighted by Crippen LogP contribution is -2.40. The molecule has 2 aromatic carbocycles. The van der Waals surface area contributed by atoms with Gasteiger partial charge in [-0.3, -0.25) is 4.79 Å². The first-order chi connectivity index (χ1) is 13.9. The quantitative estimate of drug-likeness (QED) is 0.829. The molecule has 154 valence electrons. The molecule has 29 heavy (non-hydrogen) atoms. The summed E-state index contributed by atoms with van der Waals surface area (Å²) in [7, 11) is -3.63. The first-order valence-corrected chi connectivity index (χ1v) is 11.1. The molecule has 0 aliphatic carbocycles. The number of carbonyl (C=O) groups is 1. The molecule has 1 N–H and O–H groups in total. The van der Waals surface area contributed by atoms with Crippen LogP contribution in [-0.4, -0.2) is 51.0 Å². The molecule has 8 heteroatoms. The molecule has 0 saturated carbocycles. The van der Waals surface area contributed by atoms with E-state index >= 15 is 0 Å². The van der Waals surface area contributed by atoms with Gasteiger partial charge >= 0.3 is 0 Å². The molecule has 7 nitrogen and oxygen atoms in total. The van der Waals surface area contributed by atoms with Crippen LogP contribution in [0.5, 0.6) is 5.75 Å². The monoisotopic (exact) mass is 416 g/mol. The van der Waals surface area contributed by atoms with Gasteiger partial charge in [-0.2, -0.15) is 4.31 Å². The number of nitrogens with zero attached hydrogens (tertiary/aromatic N) is 1. The van der Waals surface area contributed by atoms with Gasteiger partial charge in [-0.15, -0.1) is 0 Å². The predicted molar refractivity (Wildman–Crippen MR) is 109 cm³/mol. The van der Waals surface area contributed by atoms with Crippen molar-refractivity contribution in [2.45, 2.75) is 30.8 Å². The summed E-state index contributed by atoms with van der Waals surface area (Å²) in [6.07, 6.45) is 0.000873. The van der Waals surface area contributed by atoms with Crippen molar-refractivity contribution in [2.75, 3.05) is 31.6 Å². The van der Waals surface area contributed by atoms with Crippen molar-refractivity contribution in [1.29, 1.82) is 0 Å². The van der Waals surface area contributed by atoms with Crippen LogP contribution in [0.4, 0.5) is 5.69 Å². The molecule has 0 aromatic heterocycles. The molecule has 2 aliphatic rings. The highest BCUT2D eigenvalue weighted by atomic mass is 32.2. The zero-order valence-corrected chi connectivity index (χ0v) is 17.2. The minimum atomic E-state index is -3.63.